The molecule has 2 aliphatic heterocycles. The highest BCUT2D eigenvalue weighted by Crippen LogP contribution is 2.38. The Kier molecular flexibility index (Phi) is 7.53. The highest BCUT2D eigenvalue weighted by Gasteiger charge is 2.50. The second-order valence-electron chi connectivity index (χ2n) is 11.2. The molecular weight excluding hydrogens is 434 g/mol. The molecule has 4 rings (SSSR count). The number of carbonyl (C=O) groups is 1. The summed E-state index contributed by atoms with van der Waals surface area (Å²) in [6.45, 7) is 13.2. The normalized spacial score (nSPS) is 28.1. The summed E-state index contributed by atoms with van der Waals surface area (Å²) in [6.07, 6.45) is 2.75. The lowest BCUT2D eigenvalue weighted by atomic mass is 9.74. The average Bonchev–Trinajstić information content (AvgIpc) is 2.81. The second kappa shape index (κ2) is 10.1. The smallest absolute Gasteiger partial charge is 0.317 e. The van der Waals surface area contributed by atoms with E-state index in [9.17, 15) is 4.79 Å². The second-order valence-corrected chi connectivity index (χ2v) is 11.2. The van der Waals surface area contributed by atoms with Gasteiger partial charge in [-0.3, -0.25) is 9.80 Å². The fraction of sp³-hybridized carbons (Fsp3) is 0.741. The van der Waals surface area contributed by atoms with Gasteiger partial charge in [0.25, 0.3) is 5.92 Å². The van der Waals surface area contributed by atoms with Gasteiger partial charge in [-0.1, -0.05) is 36.8 Å². The van der Waals surface area contributed by atoms with Crippen LogP contribution in [0.5, 0.6) is 0 Å². The molecule has 190 valence electrons. The van der Waals surface area contributed by atoms with Crippen molar-refractivity contribution < 1.29 is 13.6 Å². The molecule has 0 radical (unpaired) electrons. The van der Waals surface area contributed by atoms with E-state index in [4.69, 9.17) is 0 Å². The van der Waals surface area contributed by atoms with Crippen molar-refractivity contribution >= 4 is 6.03 Å². The highest BCUT2D eigenvalue weighted by molar-refractivity contribution is 5.75. The number of rotatable bonds is 4. The van der Waals surface area contributed by atoms with Gasteiger partial charge in [0.15, 0.2) is 0 Å². The zero-order valence-corrected chi connectivity index (χ0v) is 21.3. The summed E-state index contributed by atoms with van der Waals surface area (Å²) in [5.74, 6) is -2.88. The zero-order valence-electron chi connectivity index (χ0n) is 21.3. The van der Waals surface area contributed by atoms with Crippen molar-refractivity contribution in [3.8, 4) is 0 Å². The molecule has 1 saturated carbocycles. The van der Waals surface area contributed by atoms with Crippen LogP contribution in [0.2, 0.25) is 0 Å². The van der Waals surface area contributed by atoms with Gasteiger partial charge < -0.3 is 10.2 Å². The molecular formula is C27H42F2N4O. The Balaban J connectivity index is 1.38. The molecule has 0 aromatic heterocycles. The first-order chi connectivity index (χ1) is 16.1. The molecule has 1 aliphatic carbocycles. The van der Waals surface area contributed by atoms with Crippen LogP contribution in [0.1, 0.15) is 64.0 Å². The standard InChI is InChI=1S/C27H42F2N4O/c1-20(2)31-16-18-32(19-17-31)23-6-5-11-27(28,29)24(23)30-25(34)33-14-12-26(4,13-15-33)22-9-7-21(3)8-10-22/h7-10,20,23-24H,5-6,11-19H2,1-4H3,(H,30,34)/t23-,24+/m0/s1. The van der Waals surface area contributed by atoms with Gasteiger partial charge in [-0.15, -0.1) is 0 Å². The zero-order chi connectivity index (χ0) is 24.5. The van der Waals surface area contributed by atoms with E-state index in [0.717, 1.165) is 39.0 Å². The maximum absolute atomic E-state index is 15.1. The number of urea groups is 1. The predicted octanol–water partition coefficient (Wildman–Crippen LogP) is 4.64. The number of piperazine rings is 1. The Hall–Kier alpha value is -1.73. The number of amides is 2. The summed E-state index contributed by atoms with van der Waals surface area (Å²) in [7, 11) is 0. The molecule has 0 bridgehead atoms. The molecule has 1 aromatic rings. The van der Waals surface area contributed by atoms with Crippen LogP contribution in [0.3, 0.4) is 0 Å². The van der Waals surface area contributed by atoms with Crippen LogP contribution in [-0.4, -0.2) is 84.0 Å². The molecule has 34 heavy (non-hydrogen) atoms. The molecule has 1 N–H and O–H groups in total. The van der Waals surface area contributed by atoms with Crippen LogP contribution >= 0.6 is 0 Å². The highest BCUT2D eigenvalue weighted by atomic mass is 19.3. The monoisotopic (exact) mass is 476 g/mol. The number of benzene rings is 1. The number of hydrogen-bond donors (Lipinski definition) is 1. The Bertz CT molecular complexity index is 828. The van der Waals surface area contributed by atoms with Gasteiger partial charge in [0, 0.05) is 57.8 Å². The quantitative estimate of drug-likeness (QED) is 0.688. The van der Waals surface area contributed by atoms with Crippen LogP contribution in [-0.2, 0) is 5.41 Å². The van der Waals surface area contributed by atoms with E-state index >= 15 is 8.78 Å². The van der Waals surface area contributed by atoms with Crippen molar-refractivity contribution in [3.63, 3.8) is 0 Å². The Morgan fingerprint density at radius 3 is 2.21 bits per heavy atom. The van der Waals surface area contributed by atoms with Crippen molar-refractivity contribution in [2.24, 2.45) is 0 Å². The first kappa shape index (κ1) is 25.4. The SMILES string of the molecule is Cc1ccc(C2(C)CCN(C(=O)N[C@@H]3[C@@H](N4CCN(C(C)C)CC4)CCCC3(F)F)CC2)cc1. The minimum atomic E-state index is -2.88. The van der Waals surface area contributed by atoms with Crippen LogP contribution in [0.25, 0.3) is 0 Å². The summed E-state index contributed by atoms with van der Waals surface area (Å²) < 4.78 is 30.2. The minimum absolute atomic E-state index is 0.0118. The summed E-state index contributed by atoms with van der Waals surface area (Å²) in [5, 5.41) is 2.82. The molecule has 2 heterocycles. The number of carbonyl (C=O) groups excluding carboxylic acids is 1. The fourth-order valence-corrected chi connectivity index (χ4v) is 6.00. The molecule has 0 spiro atoms. The number of hydrogen-bond acceptors (Lipinski definition) is 3. The van der Waals surface area contributed by atoms with Gasteiger partial charge >= 0.3 is 6.03 Å². The van der Waals surface area contributed by atoms with E-state index in [1.165, 1.54) is 11.1 Å². The molecule has 0 unspecified atom stereocenters. The van der Waals surface area contributed by atoms with Gasteiger partial charge in [-0.2, -0.15) is 0 Å². The number of halogens is 2. The summed E-state index contributed by atoms with van der Waals surface area (Å²) in [5.41, 5.74) is 2.54. The molecule has 2 amide bonds. The van der Waals surface area contributed by atoms with E-state index < -0.39 is 12.0 Å². The van der Waals surface area contributed by atoms with E-state index in [0.29, 0.717) is 32.0 Å². The van der Waals surface area contributed by atoms with Crippen molar-refractivity contribution in [3.05, 3.63) is 35.4 Å². The lowest BCUT2D eigenvalue weighted by Gasteiger charge is -2.48. The third-order valence-corrected chi connectivity index (χ3v) is 8.58. The number of likely N-dealkylation sites (tertiary alicyclic amines) is 1. The van der Waals surface area contributed by atoms with Gasteiger partial charge in [0.05, 0.1) is 0 Å². The number of piperidine rings is 1. The average molecular weight is 477 g/mol. The maximum Gasteiger partial charge on any atom is 0.317 e. The lowest BCUT2D eigenvalue weighted by molar-refractivity contribution is -0.0973. The van der Waals surface area contributed by atoms with Gasteiger partial charge in [0.2, 0.25) is 0 Å². The molecule has 2 saturated heterocycles. The Labute approximate surface area is 203 Å². The van der Waals surface area contributed by atoms with Crippen molar-refractivity contribution in [1.82, 2.24) is 20.0 Å². The van der Waals surface area contributed by atoms with E-state index in [2.05, 4.69) is 67.1 Å². The largest absolute Gasteiger partial charge is 0.328 e. The molecule has 7 heteroatoms. The summed E-state index contributed by atoms with van der Waals surface area (Å²) in [6, 6.07) is 7.33. The van der Waals surface area contributed by atoms with Crippen molar-refractivity contribution in [1.29, 1.82) is 0 Å². The summed E-state index contributed by atoms with van der Waals surface area (Å²) >= 11 is 0. The Morgan fingerprint density at radius 2 is 1.62 bits per heavy atom. The number of nitrogens with zero attached hydrogens (tertiary/aromatic N) is 3. The Morgan fingerprint density at radius 1 is 1.00 bits per heavy atom. The first-order valence-electron chi connectivity index (χ1n) is 13.1. The molecule has 1 aromatic carbocycles. The van der Waals surface area contributed by atoms with Crippen molar-refractivity contribution in [2.75, 3.05) is 39.3 Å². The number of aryl methyl sites for hydroxylation is 1. The molecule has 3 aliphatic rings. The maximum atomic E-state index is 15.1. The fourth-order valence-electron chi connectivity index (χ4n) is 6.00. The van der Waals surface area contributed by atoms with Crippen LogP contribution in [0.4, 0.5) is 13.6 Å². The van der Waals surface area contributed by atoms with Gasteiger partial charge in [-0.25, -0.2) is 13.6 Å². The topological polar surface area (TPSA) is 38.8 Å². The molecule has 2 atom stereocenters. The first-order valence-corrected chi connectivity index (χ1v) is 13.1. The third-order valence-electron chi connectivity index (χ3n) is 8.58. The number of nitrogens with one attached hydrogen (secondary N) is 1. The van der Waals surface area contributed by atoms with E-state index in [-0.39, 0.29) is 23.9 Å². The minimum Gasteiger partial charge on any atom is -0.328 e. The molecule has 5 nitrogen and oxygen atoms in total. The molecule has 3 fully saturated rings. The van der Waals surface area contributed by atoms with Crippen LogP contribution in [0.15, 0.2) is 24.3 Å². The van der Waals surface area contributed by atoms with E-state index in [1.54, 1.807) is 4.90 Å². The van der Waals surface area contributed by atoms with Gasteiger partial charge in [0.1, 0.15) is 6.04 Å². The van der Waals surface area contributed by atoms with Crippen LogP contribution in [0, 0.1) is 6.92 Å². The number of alkyl halides is 2. The summed E-state index contributed by atoms with van der Waals surface area (Å²) in [4.78, 5) is 19.5. The third kappa shape index (κ3) is 5.40. The van der Waals surface area contributed by atoms with E-state index in [1.807, 2.05) is 0 Å². The lowest BCUT2D eigenvalue weighted by Crippen LogP contribution is -2.66. The van der Waals surface area contributed by atoms with Gasteiger partial charge in [-0.05, 0) is 57.4 Å². The van der Waals surface area contributed by atoms with Crippen LogP contribution < -0.4 is 5.32 Å². The predicted molar refractivity (Wildman–Crippen MR) is 133 cm³/mol. The van der Waals surface area contributed by atoms with Crippen molar-refractivity contribution in [2.45, 2.75) is 89.3 Å².